The van der Waals surface area contributed by atoms with Crippen molar-refractivity contribution in [3.05, 3.63) is 56.9 Å². The lowest BCUT2D eigenvalue weighted by Gasteiger charge is -2.09. The third-order valence-corrected chi connectivity index (χ3v) is 5.32. The second kappa shape index (κ2) is 9.39. The van der Waals surface area contributed by atoms with Crippen molar-refractivity contribution in [2.45, 2.75) is 13.5 Å². The number of non-ortho nitro benzene ring substituents is 1. The number of carbonyl (C=O) groups is 2. The Bertz CT molecular complexity index is 1230. The van der Waals surface area contributed by atoms with Crippen LogP contribution in [-0.4, -0.2) is 42.2 Å². The fourth-order valence-electron chi connectivity index (χ4n) is 2.87. The molecular weight excluding hydrogens is 426 g/mol. The van der Waals surface area contributed by atoms with Gasteiger partial charge in [-0.2, -0.15) is 4.99 Å². The number of amides is 1. The van der Waals surface area contributed by atoms with E-state index in [1.54, 1.807) is 19.1 Å². The van der Waals surface area contributed by atoms with Gasteiger partial charge in [0.2, 0.25) is 0 Å². The van der Waals surface area contributed by atoms with Gasteiger partial charge in [-0.3, -0.25) is 19.7 Å². The Kier molecular flexibility index (Phi) is 6.65. The summed E-state index contributed by atoms with van der Waals surface area (Å²) < 4.78 is 17.9. The van der Waals surface area contributed by atoms with Gasteiger partial charge in [0.15, 0.2) is 16.3 Å². The highest BCUT2D eigenvalue weighted by molar-refractivity contribution is 7.16. The molecule has 1 aromatic heterocycles. The first-order chi connectivity index (χ1) is 14.9. The molecule has 11 heteroatoms. The van der Waals surface area contributed by atoms with Crippen LogP contribution >= 0.6 is 11.3 Å². The summed E-state index contributed by atoms with van der Waals surface area (Å²) in [5.41, 5.74) is 0.442. The Morgan fingerprint density at radius 3 is 2.52 bits per heavy atom. The van der Waals surface area contributed by atoms with Gasteiger partial charge in [0, 0.05) is 29.8 Å². The number of fused-ring (bicyclic) bond motifs is 1. The zero-order chi connectivity index (χ0) is 22.5. The van der Waals surface area contributed by atoms with Gasteiger partial charge in [0.05, 0.1) is 36.0 Å². The summed E-state index contributed by atoms with van der Waals surface area (Å²) in [4.78, 5) is 39.6. The standard InChI is InChI=1S/C20H19N3O7S/c1-4-30-18(24)11-22-14-9-15(28-2)16(29-3)10-17(14)31-20(22)21-19(25)12-6-5-7-13(8-12)23(26)27/h5-10H,4,11H2,1-3H3. The van der Waals surface area contributed by atoms with Crippen LogP contribution in [0.25, 0.3) is 10.2 Å². The molecular formula is C20H19N3O7S. The normalized spacial score (nSPS) is 11.4. The molecule has 0 unspecified atom stereocenters. The molecule has 31 heavy (non-hydrogen) atoms. The van der Waals surface area contributed by atoms with Gasteiger partial charge in [-0.05, 0) is 13.0 Å². The van der Waals surface area contributed by atoms with E-state index < -0.39 is 16.8 Å². The zero-order valence-corrected chi connectivity index (χ0v) is 17.8. The maximum Gasteiger partial charge on any atom is 0.326 e. The third kappa shape index (κ3) is 4.72. The van der Waals surface area contributed by atoms with E-state index in [1.165, 1.54) is 37.0 Å². The van der Waals surface area contributed by atoms with Crippen LogP contribution in [0.2, 0.25) is 0 Å². The van der Waals surface area contributed by atoms with Crippen LogP contribution in [0.15, 0.2) is 41.4 Å². The van der Waals surface area contributed by atoms with Crippen molar-refractivity contribution in [3.8, 4) is 11.5 Å². The summed E-state index contributed by atoms with van der Waals surface area (Å²) >= 11 is 1.16. The van der Waals surface area contributed by atoms with E-state index in [4.69, 9.17) is 14.2 Å². The summed E-state index contributed by atoms with van der Waals surface area (Å²) in [6.07, 6.45) is 0. The van der Waals surface area contributed by atoms with E-state index >= 15 is 0 Å². The molecule has 0 fully saturated rings. The van der Waals surface area contributed by atoms with Crippen LogP contribution in [-0.2, 0) is 16.1 Å². The molecule has 162 valence electrons. The average molecular weight is 445 g/mol. The minimum absolute atomic E-state index is 0.0597. The maximum absolute atomic E-state index is 12.7. The van der Waals surface area contributed by atoms with Crippen LogP contribution in [0.1, 0.15) is 17.3 Å². The predicted octanol–water partition coefficient (Wildman–Crippen LogP) is 2.93. The van der Waals surface area contributed by atoms with Crippen LogP contribution in [0.4, 0.5) is 5.69 Å². The number of esters is 1. The Morgan fingerprint density at radius 2 is 1.87 bits per heavy atom. The molecule has 10 nitrogen and oxygen atoms in total. The quantitative estimate of drug-likeness (QED) is 0.311. The third-order valence-electron chi connectivity index (χ3n) is 4.28. The first-order valence-electron chi connectivity index (χ1n) is 9.12. The van der Waals surface area contributed by atoms with E-state index in [-0.39, 0.29) is 29.2 Å². The van der Waals surface area contributed by atoms with Crippen molar-refractivity contribution < 1.29 is 28.7 Å². The lowest BCUT2D eigenvalue weighted by atomic mass is 10.2. The topological polar surface area (TPSA) is 122 Å². The number of methoxy groups -OCH3 is 2. The van der Waals surface area contributed by atoms with E-state index in [0.29, 0.717) is 21.7 Å². The number of thiazole rings is 1. The maximum atomic E-state index is 12.7. The van der Waals surface area contributed by atoms with Crippen LogP contribution in [0.5, 0.6) is 11.5 Å². The Morgan fingerprint density at radius 1 is 1.16 bits per heavy atom. The molecule has 1 heterocycles. The molecule has 0 saturated heterocycles. The number of hydrogen-bond donors (Lipinski definition) is 0. The van der Waals surface area contributed by atoms with Gasteiger partial charge < -0.3 is 18.8 Å². The molecule has 0 aliphatic rings. The van der Waals surface area contributed by atoms with Crippen LogP contribution in [0, 0.1) is 10.1 Å². The van der Waals surface area contributed by atoms with E-state index in [0.717, 1.165) is 17.4 Å². The van der Waals surface area contributed by atoms with Crippen molar-refractivity contribution in [2.75, 3.05) is 20.8 Å². The lowest BCUT2D eigenvalue weighted by molar-refractivity contribution is -0.384. The number of aromatic nitrogens is 1. The highest BCUT2D eigenvalue weighted by Gasteiger charge is 2.17. The second-order valence-corrected chi connectivity index (χ2v) is 7.18. The van der Waals surface area contributed by atoms with Crippen molar-refractivity contribution >= 4 is 39.1 Å². The molecule has 0 N–H and O–H groups in total. The first kappa shape index (κ1) is 22.0. The number of nitro benzene ring substituents is 1. The number of hydrogen-bond acceptors (Lipinski definition) is 8. The number of nitro groups is 1. The zero-order valence-electron chi connectivity index (χ0n) is 17.0. The molecule has 1 amide bonds. The average Bonchev–Trinajstić information content (AvgIpc) is 3.08. The monoisotopic (exact) mass is 445 g/mol. The SMILES string of the molecule is CCOC(=O)Cn1c(=NC(=O)c2cccc([N+](=O)[O-])c2)sc2cc(OC)c(OC)cc21. The van der Waals surface area contributed by atoms with Gasteiger partial charge in [0.25, 0.3) is 11.6 Å². The molecule has 0 bridgehead atoms. The Labute approximate surface area is 180 Å². The molecule has 0 saturated carbocycles. The van der Waals surface area contributed by atoms with Crippen molar-refractivity contribution in [1.82, 2.24) is 4.57 Å². The molecule has 0 aliphatic heterocycles. The number of benzene rings is 2. The number of nitrogens with zero attached hydrogens (tertiary/aromatic N) is 3. The summed E-state index contributed by atoms with van der Waals surface area (Å²) in [6, 6.07) is 8.69. The van der Waals surface area contributed by atoms with E-state index in [9.17, 15) is 19.7 Å². The molecule has 0 radical (unpaired) electrons. The van der Waals surface area contributed by atoms with Crippen LogP contribution < -0.4 is 14.3 Å². The minimum Gasteiger partial charge on any atom is -0.493 e. The van der Waals surface area contributed by atoms with Crippen molar-refractivity contribution in [1.29, 1.82) is 0 Å². The predicted molar refractivity (Wildman–Crippen MR) is 113 cm³/mol. The molecule has 0 aliphatic carbocycles. The van der Waals surface area contributed by atoms with Gasteiger partial charge in [-0.1, -0.05) is 17.4 Å². The molecule has 2 aromatic carbocycles. The summed E-state index contributed by atoms with van der Waals surface area (Å²) in [6.45, 7) is 1.72. The van der Waals surface area contributed by atoms with Gasteiger partial charge >= 0.3 is 5.97 Å². The molecule has 3 aromatic rings. The highest BCUT2D eigenvalue weighted by atomic mass is 32.1. The fourth-order valence-corrected chi connectivity index (χ4v) is 3.91. The number of rotatable bonds is 7. The van der Waals surface area contributed by atoms with E-state index in [1.807, 2.05) is 0 Å². The number of ether oxygens (including phenoxy) is 3. The minimum atomic E-state index is -0.674. The largest absolute Gasteiger partial charge is 0.493 e. The molecule has 0 spiro atoms. The van der Waals surface area contributed by atoms with Crippen molar-refractivity contribution in [3.63, 3.8) is 0 Å². The van der Waals surface area contributed by atoms with Gasteiger partial charge in [-0.15, -0.1) is 0 Å². The fraction of sp³-hybridized carbons (Fsp3) is 0.250. The molecule has 3 rings (SSSR count). The van der Waals surface area contributed by atoms with Crippen molar-refractivity contribution in [2.24, 2.45) is 4.99 Å². The second-order valence-electron chi connectivity index (χ2n) is 6.18. The molecule has 0 atom stereocenters. The summed E-state index contributed by atoms with van der Waals surface area (Å²) in [5.74, 6) is -0.244. The first-order valence-corrected chi connectivity index (χ1v) is 9.94. The van der Waals surface area contributed by atoms with Gasteiger partial charge in [-0.25, -0.2) is 0 Å². The lowest BCUT2D eigenvalue weighted by Crippen LogP contribution is -2.23. The smallest absolute Gasteiger partial charge is 0.326 e. The Hall–Kier alpha value is -3.73. The van der Waals surface area contributed by atoms with Gasteiger partial charge in [0.1, 0.15) is 6.54 Å². The highest BCUT2D eigenvalue weighted by Crippen LogP contribution is 2.33. The Balaban J connectivity index is 2.17. The summed E-state index contributed by atoms with van der Waals surface area (Å²) in [7, 11) is 2.99. The van der Waals surface area contributed by atoms with Crippen LogP contribution in [0.3, 0.4) is 0 Å². The van der Waals surface area contributed by atoms with E-state index in [2.05, 4.69) is 4.99 Å². The number of carbonyl (C=O) groups excluding carboxylic acids is 2. The summed E-state index contributed by atoms with van der Waals surface area (Å²) in [5, 5.41) is 11.0.